The van der Waals surface area contributed by atoms with Gasteiger partial charge in [0.2, 0.25) is 0 Å². The smallest absolute Gasteiger partial charge is 0.289 e. The summed E-state index contributed by atoms with van der Waals surface area (Å²) in [6.07, 6.45) is 0. The van der Waals surface area contributed by atoms with Crippen LogP contribution in [0.1, 0.15) is 30.9 Å². The van der Waals surface area contributed by atoms with Crippen LogP contribution in [-0.4, -0.2) is 17.4 Å². The largest absolute Gasteiger partial charge is 0.483 e. The number of anilines is 1. The molecule has 132 valence electrons. The third kappa shape index (κ3) is 4.93. The lowest BCUT2D eigenvalue weighted by Gasteiger charge is -2.13. The first-order valence-corrected chi connectivity index (χ1v) is 8.13. The number of nitro benzene ring substituents is 1. The number of carbonyl (C=O) groups is 1. The third-order valence-corrected chi connectivity index (χ3v) is 3.98. The zero-order chi connectivity index (χ0) is 18.6. The SMILES string of the molecule is Cc1ccc(C(C)C)cc1OCC(=O)Nc1ccc(Cl)c([N+](=O)[O-])c1. The Labute approximate surface area is 150 Å². The van der Waals surface area contributed by atoms with E-state index in [-0.39, 0.29) is 23.0 Å². The Hall–Kier alpha value is -2.60. The molecule has 0 saturated carbocycles. The molecular formula is C18H19ClN2O4. The summed E-state index contributed by atoms with van der Waals surface area (Å²) < 4.78 is 5.59. The second-order valence-corrected chi connectivity index (χ2v) is 6.35. The normalized spacial score (nSPS) is 10.6. The van der Waals surface area contributed by atoms with Crippen molar-refractivity contribution >= 4 is 28.9 Å². The van der Waals surface area contributed by atoms with Crippen molar-refractivity contribution in [1.29, 1.82) is 0 Å². The summed E-state index contributed by atoms with van der Waals surface area (Å²) in [5.41, 5.74) is 2.08. The Balaban J connectivity index is 2.03. The number of nitro groups is 1. The molecule has 0 aliphatic rings. The van der Waals surface area contributed by atoms with Crippen molar-refractivity contribution < 1.29 is 14.5 Å². The molecule has 6 nitrogen and oxygen atoms in total. The summed E-state index contributed by atoms with van der Waals surface area (Å²) in [5.74, 6) is 0.584. The van der Waals surface area contributed by atoms with E-state index in [1.165, 1.54) is 18.2 Å². The maximum Gasteiger partial charge on any atom is 0.289 e. The van der Waals surface area contributed by atoms with Gasteiger partial charge in [-0.05, 0) is 42.2 Å². The van der Waals surface area contributed by atoms with Crippen molar-refractivity contribution in [3.05, 3.63) is 62.7 Å². The van der Waals surface area contributed by atoms with Crippen LogP contribution >= 0.6 is 11.6 Å². The van der Waals surface area contributed by atoms with Gasteiger partial charge in [-0.1, -0.05) is 37.6 Å². The fourth-order valence-corrected chi connectivity index (χ4v) is 2.39. The first-order chi connectivity index (χ1) is 11.8. The average Bonchev–Trinajstić information content (AvgIpc) is 2.55. The number of nitrogens with one attached hydrogen (secondary N) is 1. The highest BCUT2D eigenvalue weighted by Crippen LogP contribution is 2.27. The summed E-state index contributed by atoms with van der Waals surface area (Å²) in [6, 6.07) is 9.97. The Kier molecular flexibility index (Phi) is 5.98. The van der Waals surface area contributed by atoms with Gasteiger partial charge >= 0.3 is 0 Å². The minimum atomic E-state index is -0.602. The molecule has 2 aromatic rings. The Morgan fingerprint density at radius 1 is 1.28 bits per heavy atom. The second-order valence-electron chi connectivity index (χ2n) is 5.94. The van der Waals surface area contributed by atoms with Crippen LogP contribution in [-0.2, 0) is 4.79 Å². The number of ether oxygens (including phenoxy) is 1. The van der Waals surface area contributed by atoms with E-state index >= 15 is 0 Å². The molecular weight excluding hydrogens is 344 g/mol. The molecule has 0 spiro atoms. The van der Waals surface area contributed by atoms with Crippen LogP contribution in [0.15, 0.2) is 36.4 Å². The molecule has 0 saturated heterocycles. The predicted molar refractivity (Wildman–Crippen MR) is 97.5 cm³/mol. The number of rotatable bonds is 6. The van der Waals surface area contributed by atoms with Crippen molar-refractivity contribution in [2.75, 3.05) is 11.9 Å². The number of hydrogen-bond acceptors (Lipinski definition) is 4. The third-order valence-electron chi connectivity index (χ3n) is 3.66. The zero-order valence-corrected chi connectivity index (χ0v) is 15.0. The molecule has 2 rings (SSSR count). The van der Waals surface area contributed by atoms with Crippen LogP contribution in [0.4, 0.5) is 11.4 Å². The standard InChI is InChI=1S/C18H19ClN2O4/c1-11(2)13-5-4-12(3)17(8-13)25-10-18(22)20-14-6-7-15(19)16(9-14)21(23)24/h4-9,11H,10H2,1-3H3,(H,20,22). The van der Waals surface area contributed by atoms with E-state index in [1.807, 2.05) is 25.1 Å². The fourth-order valence-electron chi connectivity index (χ4n) is 2.20. The molecule has 0 aliphatic carbocycles. The fraction of sp³-hybridized carbons (Fsp3) is 0.278. The number of hydrogen-bond donors (Lipinski definition) is 1. The van der Waals surface area contributed by atoms with Crippen molar-refractivity contribution in [3.63, 3.8) is 0 Å². The lowest BCUT2D eigenvalue weighted by Crippen LogP contribution is -2.20. The van der Waals surface area contributed by atoms with Gasteiger partial charge < -0.3 is 10.1 Å². The van der Waals surface area contributed by atoms with Gasteiger partial charge in [0, 0.05) is 11.8 Å². The number of carbonyl (C=O) groups excluding carboxylic acids is 1. The molecule has 1 amide bonds. The highest BCUT2D eigenvalue weighted by molar-refractivity contribution is 6.32. The number of benzene rings is 2. The molecule has 0 heterocycles. The molecule has 0 fully saturated rings. The minimum Gasteiger partial charge on any atom is -0.483 e. The minimum absolute atomic E-state index is 0.0142. The van der Waals surface area contributed by atoms with Crippen LogP contribution in [0.2, 0.25) is 5.02 Å². The lowest BCUT2D eigenvalue weighted by atomic mass is 10.0. The van der Waals surface area contributed by atoms with Gasteiger partial charge in [0.1, 0.15) is 10.8 Å². The van der Waals surface area contributed by atoms with E-state index in [0.29, 0.717) is 11.7 Å². The number of nitrogens with zero attached hydrogens (tertiary/aromatic N) is 1. The summed E-state index contributed by atoms with van der Waals surface area (Å²) in [6.45, 7) is 5.86. The summed E-state index contributed by atoms with van der Waals surface area (Å²) in [4.78, 5) is 22.3. The second kappa shape index (κ2) is 7.98. The molecule has 2 aromatic carbocycles. The van der Waals surface area contributed by atoms with Gasteiger partial charge in [-0.25, -0.2) is 0 Å². The summed E-state index contributed by atoms with van der Waals surface area (Å²) >= 11 is 5.75. The van der Waals surface area contributed by atoms with E-state index in [2.05, 4.69) is 19.2 Å². The molecule has 25 heavy (non-hydrogen) atoms. The quantitative estimate of drug-likeness (QED) is 0.596. The molecule has 0 atom stereocenters. The topological polar surface area (TPSA) is 81.5 Å². The van der Waals surface area contributed by atoms with Gasteiger partial charge in [0.05, 0.1) is 4.92 Å². The number of amides is 1. The van der Waals surface area contributed by atoms with Crippen molar-refractivity contribution in [2.24, 2.45) is 0 Å². The van der Waals surface area contributed by atoms with Crippen LogP contribution in [0.3, 0.4) is 0 Å². The number of aryl methyl sites for hydroxylation is 1. The molecule has 0 radical (unpaired) electrons. The van der Waals surface area contributed by atoms with E-state index in [9.17, 15) is 14.9 Å². The summed E-state index contributed by atoms with van der Waals surface area (Å²) in [7, 11) is 0. The molecule has 0 aromatic heterocycles. The van der Waals surface area contributed by atoms with Crippen molar-refractivity contribution in [3.8, 4) is 5.75 Å². The van der Waals surface area contributed by atoms with Gasteiger partial charge in [0.15, 0.2) is 6.61 Å². The van der Waals surface area contributed by atoms with E-state index in [0.717, 1.165) is 11.1 Å². The Morgan fingerprint density at radius 2 is 2.00 bits per heavy atom. The highest BCUT2D eigenvalue weighted by atomic mass is 35.5. The monoisotopic (exact) mass is 362 g/mol. The van der Waals surface area contributed by atoms with Gasteiger partial charge in [-0.3, -0.25) is 14.9 Å². The lowest BCUT2D eigenvalue weighted by molar-refractivity contribution is -0.384. The molecule has 7 heteroatoms. The Bertz CT molecular complexity index is 806. The predicted octanol–water partition coefficient (Wildman–Crippen LogP) is 4.70. The van der Waals surface area contributed by atoms with Crippen LogP contribution in [0, 0.1) is 17.0 Å². The van der Waals surface area contributed by atoms with E-state index in [4.69, 9.17) is 16.3 Å². The van der Waals surface area contributed by atoms with E-state index in [1.54, 1.807) is 0 Å². The summed E-state index contributed by atoms with van der Waals surface area (Å²) in [5, 5.41) is 13.5. The van der Waals surface area contributed by atoms with Crippen LogP contribution in [0.25, 0.3) is 0 Å². The first-order valence-electron chi connectivity index (χ1n) is 7.75. The van der Waals surface area contributed by atoms with Crippen molar-refractivity contribution in [1.82, 2.24) is 0 Å². The first kappa shape index (κ1) is 18.7. The van der Waals surface area contributed by atoms with Crippen LogP contribution < -0.4 is 10.1 Å². The number of halogens is 1. The highest BCUT2D eigenvalue weighted by Gasteiger charge is 2.14. The van der Waals surface area contributed by atoms with Gasteiger partial charge in [-0.15, -0.1) is 0 Å². The zero-order valence-electron chi connectivity index (χ0n) is 14.2. The maximum atomic E-state index is 12.0. The van der Waals surface area contributed by atoms with Gasteiger partial charge in [-0.2, -0.15) is 0 Å². The Morgan fingerprint density at radius 3 is 2.64 bits per heavy atom. The molecule has 1 N–H and O–H groups in total. The average molecular weight is 363 g/mol. The van der Waals surface area contributed by atoms with Gasteiger partial charge in [0.25, 0.3) is 11.6 Å². The molecule has 0 aliphatic heterocycles. The van der Waals surface area contributed by atoms with Crippen molar-refractivity contribution in [2.45, 2.75) is 26.7 Å². The molecule has 0 unspecified atom stereocenters. The maximum absolute atomic E-state index is 12.0. The van der Waals surface area contributed by atoms with Crippen LogP contribution in [0.5, 0.6) is 5.75 Å². The van der Waals surface area contributed by atoms with E-state index < -0.39 is 10.8 Å². The molecule has 0 bridgehead atoms.